The number of nitrogens with two attached hydrogens (primary N) is 2. The number of carboxylic acids is 2. The molecule has 0 aliphatic rings. The molecule has 0 bridgehead atoms. The number of aliphatic hydroxyl groups excluding tert-OH is 1. The number of aliphatic carboxylic acids is 2. The van der Waals surface area contributed by atoms with Crippen molar-refractivity contribution < 1.29 is 72.9 Å². The van der Waals surface area contributed by atoms with Gasteiger partial charge in [-0.15, -0.1) is 0 Å². The lowest BCUT2D eigenvalue weighted by Gasteiger charge is -2.28. The fourth-order valence-corrected chi connectivity index (χ4v) is 7.18. The lowest BCUT2D eigenvalue weighted by atomic mass is 9.97. The van der Waals surface area contributed by atoms with Gasteiger partial charge in [0.2, 0.25) is 59.1 Å². The Balaban J connectivity index is 2.23. The third-order valence-corrected chi connectivity index (χ3v) is 12.4. The van der Waals surface area contributed by atoms with Gasteiger partial charge in [-0.25, -0.2) is 14.8 Å². The van der Waals surface area contributed by atoms with Crippen molar-refractivity contribution in [1.82, 2.24) is 67.8 Å². The van der Waals surface area contributed by atoms with Crippen LogP contribution in [0.25, 0.3) is 0 Å². The Labute approximate surface area is 443 Å². The Morgan fingerprint density at radius 1 is 0.571 bits per heavy atom. The molecule has 0 radical (unpaired) electrons. The molecule has 0 aliphatic carbocycles. The summed E-state index contributed by atoms with van der Waals surface area (Å²) < 4.78 is 0. The second-order valence-electron chi connectivity index (χ2n) is 19.0. The summed E-state index contributed by atoms with van der Waals surface area (Å²) in [6.45, 7) is 11.4. The van der Waals surface area contributed by atoms with Crippen LogP contribution in [0.15, 0.2) is 25.0 Å². The van der Waals surface area contributed by atoms with E-state index in [1.54, 1.807) is 41.5 Å². The van der Waals surface area contributed by atoms with E-state index in [1.807, 2.05) is 0 Å². The zero-order chi connectivity index (χ0) is 58.3. The van der Waals surface area contributed by atoms with E-state index < -0.39 is 169 Å². The molecule has 0 unspecified atom stereocenters. The van der Waals surface area contributed by atoms with E-state index in [9.17, 15) is 72.9 Å². The molecule has 428 valence electrons. The third kappa shape index (κ3) is 22.0. The normalized spacial score (nSPS) is 15.8. The average molecular weight is 1090 g/mol. The minimum Gasteiger partial charge on any atom is -0.481 e. The summed E-state index contributed by atoms with van der Waals surface area (Å²) in [4.78, 5) is 170. The third-order valence-electron chi connectivity index (χ3n) is 12.4. The molecule has 2 heterocycles. The molecule has 2 aromatic heterocycles. The molecule has 12 atom stereocenters. The molecule has 0 aromatic carbocycles. The standard InChI is InChI=1S/C47H75N15O15/c1-9-22(5)36(45(74)59-29(13-26-16-50-19-53-26)42(71)58-30(14-27-17-51-20-54-27)43(72)61-37(47(76)77)23(6)10-2)60-33(65)18-52-40(69)31(15-32(48)64)57-39(68)24(7)55-46(75)38(25(8)63)62-41(70)28(11-12-34(66)67)56-44(73)35(49)21(3)4/h16-17,19-25,28-31,35-38,63H,9-15,18,49H2,1-8H3,(H2,48,64)(H,50,53)(H,51,54)(H,52,69)(H,55,75)(H,56,73)(H,57,68)(H,58,71)(H,59,74)(H,60,65)(H,61,72)(H,62,70)(H,66,67)(H,76,77)/t22-,23-,24-,25+,28-,29-,30-,31-,35-,36-,37-,38-/m0/s1. The van der Waals surface area contributed by atoms with E-state index in [2.05, 4.69) is 67.8 Å². The molecule has 0 saturated heterocycles. The molecule has 77 heavy (non-hydrogen) atoms. The van der Waals surface area contributed by atoms with Crippen molar-refractivity contribution in [3.05, 3.63) is 36.4 Å². The number of aromatic amines is 2. The molecule has 10 amide bonds. The van der Waals surface area contributed by atoms with E-state index >= 15 is 0 Å². The number of H-pyrrole nitrogens is 2. The van der Waals surface area contributed by atoms with Crippen LogP contribution in [-0.4, -0.2) is 173 Å². The highest BCUT2D eigenvalue weighted by Gasteiger charge is 2.36. The minimum atomic E-state index is -1.78. The predicted molar refractivity (Wildman–Crippen MR) is 270 cm³/mol. The van der Waals surface area contributed by atoms with E-state index in [4.69, 9.17) is 11.5 Å². The lowest BCUT2D eigenvalue weighted by Crippen LogP contribution is -2.61. The molecule has 30 heteroatoms. The van der Waals surface area contributed by atoms with Gasteiger partial charge in [-0.3, -0.25) is 52.7 Å². The van der Waals surface area contributed by atoms with Crippen LogP contribution >= 0.6 is 0 Å². The minimum absolute atomic E-state index is 0.156. The van der Waals surface area contributed by atoms with Crippen molar-refractivity contribution in [3.63, 3.8) is 0 Å². The summed E-state index contributed by atoms with van der Waals surface area (Å²) in [5.41, 5.74) is 12.0. The molecule has 2 rings (SSSR count). The highest BCUT2D eigenvalue weighted by Crippen LogP contribution is 2.13. The van der Waals surface area contributed by atoms with E-state index in [0.29, 0.717) is 24.2 Å². The van der Waals surface area contributed by atoms with Gasteiger partial charge in [0.25, 0.3) is 0 Å². The van der Waals surface area contributed by atoms with E-state index in [0.717, 1.165) is 13.8 Å². The number of amides is 10. The highest BCUT2D eigenvalue weighted by atomic mass is 16.4. The average Bonchev–Trinajstić information content (AvgIpc) is 4.09. The number of nitrogens with zero attached hydrogens (tertiary/aromatic N) is 2. The van der Waals surface area contributed by atoms with Crippen LogP contribution in [0, 0.1) is 17.8 Å². The number of carbonyl (C=O) groups excluding carboxylic acids is 10. The number of primary amides is 1. The van der Waals surface area contributed by atoms with Gasteiger partial charge < -0.3 is 84.6 Å². The molecular weight excluding hydrogens is 1010 g/mol. The Kier molecular flexibility index (Phi) is 26.9. The van der Waals surface area contributed by atoms with Gasteiger partial charge in [0.05, 0.1) is 37.8 Å². The Hall–Kier alpha value is -8.02. The summed E-state index contributed by atoms with van der Waals surface area (Å²) in [6.07, 6.45) is 2.41. The molecular formula is C47H75N15O15. The number of aliphatic hydroxyl groups is 1. The van der Waals surface area contributed by atoms with Gasteiger partial charge in [0, 0.05) is 43.0 Å². The topological polar surface area (TPSA) is 483 Å². The first-order valence-electron chi connectivity index (χ1n) is 24.9. The van der Waals surface area contributed by atoms with Crippen molar-refractivity contribution in [2.45, 2.75) is 161 Å². The van der Waals surface area contributed by atoms with Crippen LogP contribution in [-0.2, 0) is 70.4 Å². The predicted octanol–water partition coefficient (Wildman–Crippen LogP) is -4.79. The molecule has 0 spiro atoms. The molecule has 0 saturated carbocycles. The van der Waals surface area contributed by atoms with Crippen molar-refractivity contribution in [2.75, 3.05) is 6.54 Å². The van der Waals surface area contributed by atoms with Crippen molar-refractivity contribution in [2.24, 2.45) is 29.2 Å². The summed E-state index contributed by atoms with van der Waals surface area (Å²) in [7, 11) is 0. The molecule has 0 aliphatic heterocycles. The summed E-state index contributed by atoms with van der Waals surface area (Å²) in [5.74, 6) is -13.8. The number of hydrogen-bond donors (Lipinski definition) is 16. The van der Waals surface area contributed by atoms with Gasteiger partial charge in [0.15, 0.2) is 0 Å². The number of imidazole rings is 2. The van der Waals surface area contributed by atoms with Crippen LogP contribution in [0.3, 0.4) is 0 Å². The maximum atomic E-state index is 14.1. The zero-order valence-electron chi connectivity index (χ0n) is 44.3. The van der Waals surface area contributed by atoms with Crippen molar-refractivity contribution >= 4 is 71.0 Å². The fraction of sp³-hybridized carbons (Fsp3) is 0.617. The van der Waals surface area contributed by atoms with Crippen LogP contribution < -0.4 is 59.3 Å². The van der Waals surface area contributed by atoms with Crippen LogP contribution in [0.5, 0.6) is 0 Å². The van der Waals surface area contributed by atoms with Gasteiger partial charge in [-0.05, 0) is 38.0 Å². The second kappa shape index (κ2) is 31.8. The lowest BCUT2D eigenvalue weighted by molar-refractivity contribution is -0.144. The number of aromatic nitrogens is 4. The largest absolute Gasteiger partial charge is 0.481 e. The number of nitrogens with one attached hydrogen (secondary N) is 11. The van der Waals surface area contributed by atoms with Crippen molar-refractivity contribution in [3.8, 4) is 0 Å². The van der Waals surface area contributed by atoms with E-state index in [-0.39, 0.29) is 18.8 Å². The monoisotopic (exact) mass is 1090 g/mol. The van der Waals surface area contributed by atoms with Crippen LogP contribution in [0.1, 0.15) is 98.9 Å². The van der Waals surface area contributed by atoms with Crippen molar-refractivity contribution in [1.29, 1.82) is 0 Å². The SMILES string of the molecule is CC[C@H](C)[C@H](NC(=O)[C@H](Cc1cnc[nH]1)NC(=O)[C@H](Cc1cnc[nH]1)NC(=O)[C@@H](NC(=O)CNC(=O)[C@H](CC(N)=O)NC(=O)[C@H](C)NC(=O)[C@@H](NC(=O)[C@H](CCC(=O)O)NC(=O)[C@@H](N)C(C)C)[C@@H](C)O)[C@@H](C)CC)C(=O)O. The smallest absolute Gasteiger partial charge is 0.326 e. The van der Waals surface area contributed by atoms with Crippen LogP contribution in [0.4, 0.5) is 0 Å². The van der Waals surface area contributed by atoms with Gasteiger partial charge in [-0.2, -0.15) is 0 Å². The Morgan fingerprint density at radius 3 is 1.51 bits per heavy atom. The number of rotatable bonds is 34. The van der Waals surface area contributed by atoms with Gasteiger partial charge in [0.1, 0.15) is 48.3 Å². The van der Waals surface area contributed by atoms with Gasteiger partial charge >= 0.3 is 11.9 Å². The first-order chi connectivity index (χ1) is 36.1. The summed E-state index contributed by atoms with van der Waals surface area (Å²) in [5, 5.41) is 51.0. The molecule has 0 fully saturated rings. The maximum absolute atomic E-state index is 14.1. The second-order valence-corrected chi connectivity index (χ2v) is 19.0. The zero-order valence-corrected chi connectivity index (χ0v) is 44.3. The number of hydrogen-bond acceptors (Lipinski definition) is 16. The molecule has 2 aromatic rings. The first kappa shape index (κ1) is 65.1. The van der Waals surface area contributed by atoms with Gasteiger partial charge in [-0.1, -0.05) is 54.4 Å². The highest BCUT2D eigenvalue weighted by molar-refractivity contribution is 5.99. The van der Waals surface area contributed by atoms with Crippen LogP contribution in [0.2, 0.25) is 0 Å². The maximum Gasteiger partial charge on any atom is 0.326 e. The molecule has 30 nitrogen and oxygen atoms in total. The quantitative estimate of drug-likeness (QED) is 0.0313. The fourth-order valence-electron chi connectivity index (χ4n) is 7.18. The number of carboxylic acid groups (broad SMARTS) is 2. The number of carbonyl (C=O) groups is 12. The molecule has 18 N–H and O–H groups in total. The summed E-state index contributed by atoms with van der Waals surface area (Å²) >= 11 is 0. The Morgan fingerprint density at radius 2 is 1.04 bits per heavy atom. The Bertz CT molecular complexity index is 2350. The first-order valence-corrected chi connectivity index (χ1v) is 24.9. The summed E-state index contributed by atoms with van der Waals surface area (Å²) in [6, 6.07) is -13.1. The van der Waals surface area contributed by atoms with E-state index in [1.165, 1.54) is 25.0 Å².